The predicted molar refractivity (Wildman–Crippen MR) is 97.5 cm³/mol. The lowest BCUT2D eigenvalue weighted by Gasteiger charge is -2.15. The number of hydrogen-bond acceptors (Lipinski definition) is 4. The topological polar surface area (TPSA) is 96.2 Å². The van der Waals surface area contributed by atoms with Crippen molar-refractivity contribution in [3.8, 4) is 5.75 Å². The lowest BCUT2D eigenvalue weighted by Crippen LogP contribution is -2.14. The van der Waals surface area contributed by atoms with Gasteiger partial charge in [-0.1, -0.05) is 17.7 Å². The summed E-state index contributed by atoms with van der Waals surface area (Å²) in [6, 6.07) is 7.74. The van der Waals surface area contributed by atoms with E-state index < -0.39 is 7.82 Å². The maximum atomic E-state index is 10.7. The van der Waals surface area contributed by atoms with Gasteiger partial charge in [-0.2, -0.15) is 0 Å². The Morgan fingerprint density at radius 2 is 1.92 bits per heavy atom. The zero-order chi connectivity index (χ0) is 18.7. The number of ether oxygens (including phenoxy) is 1. The van der Waals surface area contributed by atoms with Gasteiger partial charge in [0.2, 0.25) is 0 Å². The number of allylic oxidation sites excluding steroid dienone is 1. The van der Waals surface area contributed by atoms with Gasteiger partial charge in [0.25, 0.3) is 0 Å². The highest BCUT2D eigenvalue weighted by Crippen LogP contribution is 2.36. The lowest BCUT2D eigenvalue weighted by molar-refractivity contribution is 0.125. The number of rotatable bonds is 13. The molecule has 0 aliphatic rings. The molecule has 0 aliphatic carbocycles. The number of phosphoric acid groups is 1. The Labute approximate surface area is 149 Å². The van der Waals surface area contributed by atoms with Crippen LogP contribution in [0.5, 0.6) is 5.75 Å². The molecule has 0 saturated heterocycles. The van der Waals surface area contributed by atoms with Gasteiger partial charge in [0.05, 0.1) is 13.2 Å². The Morgan fingerprint density at radius 1 is 1.24 bits per heavy atom. The van der Waals surface area contributed by atoms with E-state index in [0.717, 1.165) is 30.6 Å². The fraction of sp³-hybridized carbons (Fsp3) is 0.556. The molecule has 0 radical (unpaired) electrons. The first-order valence-electron chi connectivity index (χ1n) is 8.47. The third kappa shape index (κ3) is 11.1. The molecule has 1 atom stereocenters. The van der Waals surface area contributed by atoms with Gasteiger partial charge in [-0.15, -0.1) is 6.58 Å². The van der Waals surface area contributed by atoms with E-state index in [-0.39, 0.29) is 19.1 Å². The molecule has 0 spiro atoms. The standard InChI is InChI=1S/C18H29O6P/c1-15(2)5-3-4-12-23-18-10-8-16(9-11-18)6-7-17(13-19)14-24-25(20,21)22/h8-11,17,19H,1,3-7,12-14H2,2H3,(H2,20,21,22). The Hall–Kier alpha value is -1.17. The summed E-state index contributed by atoms with van der Waals surface area (Å²) < 4.78 is 20.8. The first kappa shape index (κ1) is 21.9. The molecule has 0 heterocycles. The van der Waals surface area contributed by atoms with Crippen molar-refractivity contribution in [2.24, 2.45) is 5.92 Å². The summed E-state index contributed by atoms with van der Waals surface area (Å²) in [5.41, 5.74) is 2.26. The minimum absolute atomic E-state index is 0.161. The third-order valence-corrected chi connectivity index (χ3v) is 4.25. The van der Waals surface area contributed by atoms with Crippen LogP contribution in [0.4, 0.5) is 0 Å². The van der Waals surface area contributed by atoms with Crippen molar-refractivity contribution in [2.75, 3.05) is 19.8 Å². The SMILES string of the molecule is C=C(C)CCCCOc1ccc(CCC(CO)COP(=O)(O)O)cc1. The Kier molecular flexibility index (Phi) is 10.0. The lowest BCUT2D eigenvalue weighted by atomic mass is 10.0. The van der Waals surface area contributed by atoms with E-state index in [4.69, 9.17) is 14.5 Å². The molecule has 6 nitrogen and oxygen atoms in total. The van der Waals surface area contributed by atoms with Crippen molar-refractivity contribution in [3.63, 3.8) is 0 Å². The zero-order valence-corrected chi connectivity index (χ0v) is 15.7. The van der Waals surface area contributed by atoms with E-state index in [1.807, 2.05) is 31.2 Å². The van der Waals surface area contributed by atoms with Gasteiger partial charge in [0.1, 0.15) is 5.75 Å². The van der Waals surface area contributed by atoms with Gasteiger partial charge >= 0.3 is 7.82 Å². The highest BCUT2D eigenvalue weighted by atomic mass is 31.2. The molecule has 25 heavy (non-hydrogen) atoms. The third-order valence-electron chi connectivity index (χ3n) is 3.77. The van der Waals surface area contributed by atoms with Crippen LogP contribution in [0.15, 0.2) is 36.4 Å². The van der Waals surface area contributed by atoms with Crippen molar-refractivity contribution in [1.29, 1.82) is 0 Å². The van der Waals surface area contributed by atoms with Gasteiger partial charge in [0.15, 0.2) is 0 Å². The van der Waals surface area contributed by atoms with Crippen molar-refractivity contribution in [1.82, 2.24) is 0 Å². The summed E-state index contributed by atoms with van der Waals surface area (Å²) >= 11 is 0. The van der Waals surface area contributed by atoms with Gasteiger partial charge in [-0.3, -0.25) is 4.52 Å². The van der Waals surface area contributed by atoms with Crippen LogP contribution in [0, 0.1) is 5.92 Å². The Morgan fingerprint density at radius 3 is 2.48 bits per heavy atom. The zero-order valence-electron chi connectivity index (χ0n) is 14.8. The molecule has 1 unspecified atom stereocenters. The first-order chi connectivity index (χ1) is 11.8. The number of unbranched alkanes of at least 4 members (excludes halogenated alkanes) is 1. The average Bonchev–Trinajstić information content (AvgIpc) is 2.54. The smallest absolute Gasteiger partial charge is 0.469 e. The summed E-state index contributed by atoms with van der Waals surface area (Å²) in [7, 11) is -4.49. The molecule has 7 heteroatoms. The number of benzene rings is 1. The highest BCUT2D eigenvalue weighted by molar-refractivity contribution is 7.46. The molecule has 0 fully saturated rings. The van der Waals surface area contributed by atoms with Crippen molar-refractivity contribution in [2.45, 2.75) is 39.0 Å². The summed E-state index contributed by atoms with van der Waals surface area (Å²) in [6.07, 6.45) is 4.37. The van der Waals surface area contributed by atoms with E-state index >= 15 is 0 Å². The van der Waals surface area contributed by atoms with Gasteiger partial charge in [0, 0.05) is 12.5 Å². The first-order valence-corrected chi connectivity index (χ1v) is 10.00. The Balaban J connectivity index is 2.30. The molecule has 0 aliphatic heterocycles. The number of aliphatic hydroxyl groups is 1. The van der Waals surface area contributed by atoms with Gasteiger partial charge < -0.3 is 19.6 Å². The Bertz CT molecular complexity index is 551. The molecule has 1 aromatic carbocycles. The van der Waals surface area contributed by atoms with Gasteiger partial charge in [-0.25, -0.2) is 4.57 Å². The van der Waals surface area contributed by atoms with Crippen LogP contribution in [0.3, 0.4) is 0 Å². The van der Waals surface area contributed by atoms with Crippen LogP contribution < -0.4 is 4.74 Å². The quantitative estimate of drug-likeness (QED) is 0.279. The average molecular weight is 372 g/mol. The molecule has 0 aromatic heterocycles. The molecular weight excluding hydrogens is 343 g/mol. The van der Waals surface area contributed by atoms with Crippen LogP contribution in [0.1, 0.15) is 38.2 Å². The minimum atomic E-state index is -4.49. The summed E-state index contributed by atoms with van der Waals surface area (Å²) in [4.78, 5) is 17.4. The molecule has 0 bridgehead atoms. The molecule has 0 amide bonds. The molecule has 142 valence electrons. The second-order valence-electron chi connectivity index (χ2n) is 6.28. The molecular formula is C18H29O6P. The van der Waals surface area contributed by atoms with E-state index in [9.17, 15) is 9.67 Å². The molecule has 1 rings (SSSR count). The van der Waals surface area contributed by atoms with Gasteiger partial charge in [-0.05, 0) is 56.7 Å². The van der Waals surface area contributed by atoms with E-state index in [1.54, 1.807) is 0 Å². The largest absolute Gasteiger partial charge is 0.494 e. The fourth-order valence-electron chi connectivity index (χ4n) is 2.27. The van der Waals surface area contributed by atoms with Crippen LogP contribution in [-0.2, 0) is 15.5 Å². The second kappa shape index (κ2) is 11.4. The normalized spacial score (nSPS) is 12.8. The summed E-state index contributed by atoms with van der Waals surface area (Å²) in [5, 5.41) is 9.26. The predicted octanol–water partition coefficient (Wildman–Crippen LogP) is 3.46. The molecule has 0 saturated carbocycles. The van der Waals surface area contributed by atoms with Crippen LogP contribution in [-0.4, -0.2) is 34.7 Å². The number of aliphatic hydroxyl groups excluding tert-OH is 1. The summed E-state index contributed by atoms with van der Waals surface area (Å²) in [6.45, 7) is 6.25. The van der Waals surface area contributed by atoms with Crippen molar-refractivity contribution >= 4 is 7.82 Å². The minimum Gasteiger partial charge on any atom is -0.494 e. The van der Waals surface area contributed by atoms with Crippen LogP contribution in [0.25, 0.3) is 0 Å². The van der Waals surface area contributed by atoms with Crippen molar-refractivity contribution in [3.05, 3.63) is 42.0 Å². The highest BCUT2D eigenvalue weighted by Gasteiger charge is 2.17. The monoisotopic (exact) mass is 372 g/mol. The van der Waals surface area contributed by atoms with Crippen LogP contribution >= 0.6 is 7.82 Å². The van der Waals surface area contributed by atoms with Crippen molar-refractivity contribution < 1.29 is 28.7 Å². The number of aryl methyl sites for hydroxylation is 1. The van der Waals surface area contributed by atoms with E-state index in [0.29, 0.717) is 19.4 Å². The number of hydrogen-bond donors (Lipinski definition) is 3. The van der Waals surface area contributed by atoms with Crippen LogP contribution in [0.2, 0.25) is 0 Å². The number of phosphoric ester groups is 1. The maximum absolute atomic E-state index is 10.7. The fourth-order valence-corrected chi connectivity index (χ4v) is 2.68. The van der Waals surface area contributed by atoms with E-state index in [2.05, 4.69) is 11.1 Å². The maximum Gasteiger partial charge on any atom is 0.469 e. The molecule has 3 N–H and O–H groups in total. The second-order valence-corrected chi connectivity index (χ2v) is 7.52. The summed E-state index contributed by atoms with van der Waals surface area (Å²) in [5.74, 6) is 0.513. The van der Waals surface area contributed by atoms with E-state index in [1.165, 1.54) is 5.57 Å². The molecule has 1 aromatic rings.